The first-order valence-electron chi connectivity index (χ1n) is 5.06. The van der Waals surface area contributed by atoms with Gasteiger partial charge in [-0.3, -0.25) is 14.9 Å². The molecule has 18 heavy (non-hydrogen) atoms. The summed E-state index contributed by atoms with van der Waals surface area (Å²) in [6.45, 7) is 1.65. The van der Waals surface area contributed by atoms with Gasteiger partial charge in [-0.05, 0) is 6.42 Å². The van der Waals surface area contributed by atoms with E-state index in [1.165, 1.54) is 0 Å². The van der Waals surface area contributed by atoms with Gasteiger partial charge in [-0.2, -0.15) is 4.39 Å². The number of hydrogen-bond donors (Lipinski definition) is 2. The van der Waals surface area contributed by atoms with Crippen LogP contribution in [0.2, 0.25) is 0 Å². The van der Waals surface area contributed by atoms with Gasteiger partial charge >= 0.3 is 5.69 Å². The molecule has 98 valence electrons. The normalized spacial score (nSPS) is 12.0. The van der Waals surface area contributed by atoms with E-state index in [-0.39, 0.29) is 0 Å². The lowest BCUT2D eigenvalue weighted by Gasteiger charge is -2.10. The van der Waals surface area contributed by atoms with Crippen LogP contribution in [-0.4, -0.2) is 16.9 Å². The van der Waals surface area contributed by atoms with Crippen LogP contribution >= 0.6 is 0 Å². The number of halogens is 2. The van der Waals surface area contributed by atoms with Crippen LogP contribution in [0.5, 0.6) is 0 Å². The molecule has 0 aliphatic carbocycles. The number of nitro benzene ring substituents is 1. The van der Waals surface area contributed by atoms with Crippen LogP contribution in [-0.2, 0) is 4.79 Å². The van der Waals surface area contributed by atoms with Crippen LogP contribution in [0.15, 0.2) is 12.1 Å². The molecule has 0 saturated carbocycles. The number of amides is 1. The van der Waals surface area contributed by atoms with Crippen molar-refractivity contribution in [2.75, 3.05) is 5.32 Å². The number of carbonyl (C=O) groups is 1. The zero-order valence-corrected chi connectivity index (χ0v) is 9.44. The summed E-state index contributed by atoms with van der Waals surface area (Å²) >= 11 is 0. The van der Waals surface area contributed by atoms with Crippen molar-refractivity contribution in [2.45, 2.75) is 19.4 Å². The third kappa shape index (κ3) is 2.98. The van der Waals surface area contributed by atoms with Crippen molar-refractivity contribution in [3.8, 4) is 0 Å². The molecule has 0 saturated heterocycles. The highest BCUT2D eigenvalue weighted by atomic mass is 19.1. The van der Waals surface area contributed by atoms with Gasteiger partial charge in [0.1, 0.15) is 5.82 Å². The van der Waals surface area contributed by atoms with E-state index in [2.05, 4.69) is 5.32 Å². The molecule has 0 aliphatic heterocycles. The lowest BCUT2D eigenvalue weighted by molar-refractivity contribution is -0.387. The Kier molecular flexibility index (Phi) is 4.27. The van der Waals surface area contributed by atoms with E-state index < -0.39 is 39.9 Å². The molecule has 1 aromatic carbocycles. The van der Waals surface area contributed by atoms with Gasteiger partial charge in [0.2, 0.25) is 11.7 Å². The van der Waals surface area contributed by atoms with Crippen molar-refractivity contribution in [2.24, 2.45) is 5.73 Å². The lowest BCUT2D eigenvalue weighted by atomic mass is 10.2. The van der Waals surface area contributed by atoms with Gasteiger partial charge in [-0.1, -0.05) is 6.92 Å². The SMILES string of the molecule is CC[C@H](N)C(=O)Nc1cc([N+](=O)[O-])c(F)cc1F. The number of nitrogens with one attached hydrogen (secondary N) is 1. The van der Waals surface area contributed by atoms with Crippen LogP contribution in [0.3, 0.4) is 0 Å². The minimum absolute atomic E-state index is 0.316. The third-order valence-corrected chi connectivity index (χ3v) is 2.27. The van der Waals surface area contributed by atoms with Gasteiger partial charge in [0.25, 0.3) is 0 Å². The van der Waals surface area contributed by atoms with E-state index in [0.717, 1.165) is 0 Å². The average molecular weight is 259 g/mol. The highest BCUT2D eigenvalue weighted by Gasteiger charge is 2.20. The number of hydrogen-bond acceptors (Lipinski definition) is 4. The Hall–Kier alpha value is -2.09. The molecule has 0 fully saturated rings. The second-order valence-electron chi connectivity index (χ2n) is 3.54. The van der Waals surface area contributed by atoms with Crippen LogP contribution in [0, 0.1) is 21.7 Å². The first-order valence-corrected chi connectivity index (χ1v) is 5.06. The minimum Gasteiger partial charge on any atom is -0.322 e. The van der Waals surface area contributed by atoms with Gasteiger partial charge in [-0.25, -0.2) is 4.39 Å². The fourth-order valence-electron chi connectivity index (χ4n) is 1.18. The van der Waals surface area contributed by atoms with E-state index in [1.54, 1.807) is 6.92 Å². The van der Waals surface area contributed by atoms with E-state index in [9.17, 15) is 23.7 Å². The maximum Gasteiger partial charge on any atom is 0.307 e. The van der Waals surface area contributed by atoms with Gasteiger partial charge in [0.05, 0.1) is 16.7 Å². The number of rotatable bonds is 4. The summed E-state index contributed by atoms with van der Waals surface area (Å²) in [7, 11) is 0. The first kappa shape index (κ1) is 14.0. The zero-order chi connectivity index (χ0) is 13.9. The monoisotopic (exact) mass is 259 g/mol. The molecule has 0 unspecified atom stereocenters. The largest absolute Gasteiger partial charge is 0.322 e. The predicted octanol–water partition coefficient (Wildman–Crippen LogP) is 1.55. The summed E-state index contributed by atoms with van der Waals surface area (Å²) in [4.78, 5) is 20.9. The topological polar surface area (TPSA) is 98.3 Å². The smallest absolute Gasteiger partial charge is 0.307 e. The van der Waals surface area contributed by atoms with Crippen molar-refractivity contribution in [3.05, 3.63) is 33.9 Å². The van der Waals surface area contributed by atoms with Crippen LogP contribution in [0.25, 0.3) is 0 Å². The van der Waals surface area contributed by atoms with Crippen LogP contribution in [0.4, 0.5) is 20.2 Å². The van der Waals surface area contributed by atoms with Crippen molar-refractivity contribution in [1.29, 1.82) is 0 Å². The highest BCUT2D eigenvalue weighted by molar-refractivity contribution is 5.95. The number of nitrogens with zero attached hydrogens (tertiary/aromatic N) is 1. The van der Waals surface area contributed by atoms with Crippen molar-refractivity contribution in [3.63, 3.8) is 0 Å². The van der Waals surface area contributed by atoms with E-state index in [1.807, 2.05) is 0 Å². The second-order valence-corrected chi connectivity index (χ2v) is 3.54. The zero-order valence-electron chi connectivity index (χ0n) is 9.44. The molecular formula is C10H11F2N3O3. The Morgan fingerprint density at radius 3 is 2.61 bits per heavy atom. The average Bonchev–Trinajstić information content (AvgIpc) is 2.30. The van der Waals surface area contributed by atoms with Gasteiger partial charge in [0.15, 0.2) is 0 Å². The number of nitrogens with two attached hydrogens (primary N) is 1. The third-order valence-electron chi connectivity index (χ3n) is 2.27. The summed E-state index contributed by atoms with van der Waals surface area (Å²) in [6, 6.07) is 0.0874. The molecule has 0 bridgehead atoms. The number of nitro groups is 1. The van der Waals surface area contributed by atoms with Crippen LogP contribution in [0.1, 0.15) is 13.3 Å². The predicted molar refractivity (Wildman–Crippen MR) is 59.9 cm³/mol. The Balaban J connectivity index is 3.06. The Bertz CT molecular complexity index is 494. The molecule has 0 aromatic heterocycles. The second kappa shape index (κ2) is 5.50. The Morgan fingerprint density at radius 2 is 2.11 bits per heavy atom. The van der Waals surface area contributed by atoms with E-state index >= 15 is 0 Å². The molecule has 8 heteroatoms. The summed E-state index contributed by atoms with van der Waals surface area (Å²) in [6.07, 6.45) is 0.316. The quantitative estimate of drug-likeness (QED) is 0.633. The summed E-state index contributed by atoms with van der Waals surface area (Å²) in [5, 5.41) is 12.5. The Labute approximate surface area is 101 Å². The van der Waals surface area contributed by atoms with E-state index in [0.29, 0.717) is 18.6 Å². The highest BCUT2D eigenvalue weighted by Crippen LogP contribution is 2.25. The maximum atomic E-state index is 13.3. The Morgan fingerprint density at radius 1 is 1.50 bits per heavy atom. The number of carbonyl (C=O) groups excluding carboxylic acids is 1. The summed E-state index contributed by atoms with van der Waals surface area (Å²) < 4.78 is 26.3. The molecular weight excluding hydrogens is 248 g/mol. The fraction of sp³-hybridized carbons (Fsp3) is 0.300. The van der Waals surface area contributed by atoms with Crippen molar-refractivity contribution in [1.82, 2.24) is 0 Å². The molecule has 0 spiro atoms. The number of benzene rings is 1. The van der Waals surface area contributed by atoms with Crippen molar-refractivity contribution < 1.29 is 18.5 Å². The molecule has 6 nitrogen and oxygen atoms in total. The molecule has 0 radical (unpaired) electrons. The molecule has 1 atom stereocenters. The number of anilines is 1. The van der Waals surface area contributed by atoms with Crippen LogP contribution < -0.4 is 11.1 Å². The molecule has 0 heterocycles. The van der Waals surface area contributed by atoms with Gasteiger partial charge in [0, 0.05) is 12.1 Å². The lowest BCUT2D eigenvalue weighted by Crippen LogP contribution is -2.35. The molecule has 3 N–H and O–H groups in total. The standard InChI is InChI=1S/C10H11F2N3O3/c1-2-7(13)10(16)14-8-4-9(15(17)18)6(12)3-5(8)11/h3-4,7H,2,13H2,1H3,(H,14,16)/t7-/m0/s1. The maximum absolute atomic E-state index is 13.3. The van der Waals surface area contributed by atoms with Crippen molar-refractivity contribution >= 4 is 17.3 Å². The molecule has 1 rings (SSSR count). The van der Waals surface area contributed by atoms with Gasteiger partial charge in [-0.15, -0.1) is 0 Å². The molecule has 0 aliphatic rings. The minimum atomic E-state index is -1.31. The summed E-state index contributed by atoms with van der Waals surface area (Å²) in [5.74, 6) is -3.11. The van der Waals surface area contributed by atoms with Gasteiger partial charge < -0.3 is 11.1 Å². The van der Waals surface area contributed by atoms with E-state index in [4.69, 9.17) is 5.73 Å². The fourth-order valence-corrected chi connectivity index (χ4v) is 1.18. The summed E-state index contributed by atoms with van der Waals surface area (Å²) in [5.41, 5.74) is 4.01. The molecule has 1 amide bonds. The first-order chi connectivity index (χ1) is 8.36. The molecule has 1 aromatic rings.